The molecule has 1 fully saturated rings. The maximum atomic E-state index is 13.0. The van der Waals surface area contributed by atoms with E-state index in [-0.39, 0.29) is 18.6 Å². The van der Waals surface area contributed by atoms with Crippen molar-refractivity contribution >= 4 is 5.91 Å². The highest BCUT2D eigenvalue weighted by Gasteiger charge is 2.26. The number of aliphatic hydroxyl groups is 1. The minimum Gasteiger partial charge on any atom is -0.497 e. The summed E-state index contributed by atoms with van der Waals surface area (Å²) < 4.78 is 22.0. The lowest BCUT2D eigenvalue weighted by Gasteiger charge is -2.36. The van der Waals surface area contributed by atoms with Crippen LogP contribution in [0.3, 0.4) is 0 Å². The predicted octanol–water partition coefficient (Wildman–Crippen LogP) is 1.92. The molecule has 1 saturated heterocycles. The van der Waals surface area contributed by atoms with Crippen LogP contribution in [0.15, 0.2) is 54.6 Å². The lowest BCUT2D eigenvalue weighted by molar-refractivity contribution is -0.0546. The Hall–Kier alpha value is -2.65. The first-order valence-corrected chi connectivity index (χ1v) is 11.2. The van der Waals surface area contributed by atoms with Crippen molar-refractivity contribution in [2.45, 2.75) is 12.2 Å². The number of amides is 1. The molecule has 1 aliphatic heterocycles. The summed E-state index contributed by atoms with van der Waals surface area (Å²) in [5.74, 6) is 1.40. The van der Waals surface area contributed by atoms with E-state index in [2.05, 4.69) is 4.90 Å². The molecule has 0 radical (unpaired) electrons. The van der Waals surface area contributed by atoms with Crippen LogP contribution < -0.4 is 9.47 Å². The number of nitrogens with zero attached hydrogens (tertiary/aromatic N) is 2. The van der Waals surface area contributed by atoms with Gasteiger partial charge in [-0.2, -0.15) is 0 Å². The van der Waals surface area contributed by atoms with Crippen LogP contribution in [0.1, 0.15) is 10.4 Å². The van der Waals surface area contributed by atoms with Crippen LogP contribution in [0.4, 0.5) is 0 Å². The number of β-amino-alcohol motifs (C(OH)–C–C–N with tert-alkyl or cyclic N) is 1. The Morgan fingerprint density at radius 3 is 2.58 bits per heavy atom. The van der Waals surface area contributed by atoms with Gasteiger partial charge in [-0.1, -0.05) is 18.2 Å². The van der Waals surface area contributed by atoms with Gasteiger partial charge >= 0.3 is 0 Å². The fourth-order valence-corrected chi connectivity index (χ4v) is 3.76. The molecule has 180 valence electrons. The highest BCUT2D eigenvalue weighted by Crippen LogP contribution is 2.17. The van der Waals surface area contributed by atoms with Gasteiger partial charge in [0.25, 0.3) is 5.91 Å². The molecule has 0 unspecified atom stereocenters. The first-order valence-electron chi connectivity index (χ1n) is 11.2. The molecular weight excluding hydrogens is 424 g/mol. The van der Waals surface area contributed by atoms with Crippen molar-refractivity contribution in [3.05, 3.63) is 60.2 Å². The predicted molar refractivity (Wildman–Crippen MR) is 125 cm³/mol. The Morgan fingerprint density at radius 1 is 1.15 bits per heavy atom. The average molecular weight is 459 g/mol. The lowest BCUT2D eigenvalue weighted by atomic mass is 10.1. The Bertz CT molecular complexity index is 833. The summed E-state index contributed by atoms with van der Waals surface area (Å²) >= 11 is 0. The Morgan fingerprint density at radius 2 is 1.88 bits per heavy atom. The molecule has 0 aliphatic carbocycles. The van der Waals surface area contributed by atoms with E-state index in [1.165, 1.54) is 0 Å². The van der Waals surface area contributed by atoms with E-state index >= 15 is 0 Å². The van der Waals surface area contributed by atoms with Gasteiger partial charge in [0.15, 0.2) is 0 Å². The average Bonchev–Trinajstić information content (AvgIpc) is 2.86. The van der Waals surface area contributed by atoms with Crippen molar-refractivity contribution in [1.29, 1.82) is 0 Å². The standard InChI is InChI=1S/C25H34N2O6/c1-30-14-13-27(25(29)20-6-4-3-5-7-20)18-24-17-26(12-15-32-24)16-21(28)19-33-23-10-8-22(31-2)9-11-23/h3-11,21,24,28H,12-19H2,1-2H3/t21-,24+/m0/s1. The second-order valence-corrected chi connectivity index (χ2v) is 8.00. The highest BCUT2D eigenvalue weighted by atomic mass is 16.5. The quantitative estimate of drug-likeness (QED) is 0.521. The van der Waals surface area contributed by atoms with Gasteiger partial charge in [-0.15, -0.1) is 0 Å². The molecular formula is C25H34N2O6. The van der Waals surface area contributed by atoms with Gasteiger partial charge in [-0.3, -0.25) is 9.69 Å². The van der Waals surface area contributed by atoms with E-state index in [0.29, 0.717) is 50.7 Å². The third kappa shape index (κ3) is 8.01. The molecule has 2 aromatic rings. The molecule has 0 aromatic heterocycles. The largest absolute Gasteiger partial charge is 0.497 e. The number of ether oxygens (including phenoxy) is 4. The zero-order chi connectivity index (χ0) is 23.5. The zero-order valence-corrected chi connectivity index (χ0v) is 19.4. The number of hydrogen-bond acceptors (Lipinski definition) is 7. The number of benzene rings is 2. The summed E-state index contributed by atoms with van der Waals surface area (Å²) in [5.41, 5.74) is 0.646. The third-order valence-electron chi connectivity index (χ3n) is 5.49. The molecule has 33 heavy (non-hydrogen) atoms. The van der Waals surface area contributed by atoms with Gasteiger partial charge in [0.2, 0.25) is 0 Å². The molecule has 1 N–H and O–H groups in total. The number of rotatable bonds is 12. The van der Waals surface area contributed by atoms with E-state index in [0.717, 1.165) is 12.3 Å². The molecule has 2 aromatic carbocycles. The summed E-state index contributed by atoms with van der Waals surface area (Å²) in [6.45, 7) is 3.98. The van der Waals surface area contributed by atoms with Crippen molar-refractivity contribution in [3.63, 3.8) is 0 Å². The van der Waals surface area contributed by atoms with Crippen molar-refractivity contribution in [2.24, 2.45) is 0 Å². The van der Waals surface area contributed by atoms with Crippen molar-refractivity contribution in [3.8, 4) is 11.5 Å². The number of hydrogen-bond donors (Lipinski definition) is 1. The lowest BCUT2D eigenvalue weighted by Crippen LogP contribution is -2.51. The SMILES string of the molecule is COCCN(C[C@H]1CN(C[C@H](O)COc2ccc(OC)cc2)CCO1)C(=O)c1ccccc1. The maximum absolute atomic E-state index is 13.0. The molecule has 8 heteroatoms. The van der Waals surface area contributed by atoms with Crippen LogP contribution in [-0.2, 0) is 9.47 Å². The van der Waals surface area contributed by atoms with Crippen LogP contribution in [-0.4, -0.2) is 99.8 Å². The molecule has 1 amide bonds. The van der Waals surface area contributed by atoms with Crippen molar-refractivity contribution in [1.82, 2.24) is 9.80 Å². The fraction of sp³-hybridized carbons (Fsp3) is 0.480. The monoisotopic (exact) mass is 458 g/mol. The zero-order valence-electron chi connectivity index (χ0n) is 19.4. The number of carbonyl (C=O) groups is 1. The van der Waals surface area contributed by atoms with Crippen LogP contribution in [0.2, 0.25) is 0 Å². The molecule has 1 heterocycles. The van der Waals surface area contributed by atoms with E-state index in [1.54, 1.807) is 19.1 Å². The maximum Gasteiger partial charge on any atom is 0.254 e. The third-order valence-corrected chi connectivity index (χ3v) is 5.49. The molecule has 1 aliphatic rings. The van der Waals surface area contributed by atoms with Crippen LogP contribution in [0.25, 0.3) is 0 Å². The second kappa shape index (κ2) is 13.2. The van der Waals surface area contributed by atoms with Crippen molar-refractivity contribution in [2.75, 3.05) is 66.8 Å². The molecule has 0 spiro atoms. The summed E-state index contributed by atoms with van der Waals surface area (Å²) in [4.78, 5) is 16.9. The van der Waals surface area contributed by atoms with E-state index in [1.807, 2.05) is 54.6 Å². The Kier molecular flexibility index (Phi) is 9.96. The van der Waals surface area contributed by atoms with Crippen molar-refractivity contribution < 1.29 is 28.8 Å². The van der Waals surface area contributed by atoms with Gasteiger partial charge < -0.3 is 29.0 Å². The molecule has 3 rings (SSSR count). The topological polar surface area (TPSA) is 80.7 Å². The van der Waals surface area contributed by atoms with Gasteiger partial charge in [-0.05, 0) is 36.4 Å². The van der Waals surface area contributed by atoms with E-state index in [9.17, 15) is 9.90 Å². The van der Waals surface area contributed by atoms with Crippen LogP contribution in [0.5, 0.6) is 11.5 Å². The summed E-state index contributed by atoms with van der Waals surface area (Å²) in [5, 5.41) is 10.5. The first kappa shape index (κ1) is 25.0. The van der Waals surface area contributed by atoms with Gasteiger partial charge in [-0.25, -0.2) is 0 Å². The fourth-order valence-electron chi connectivity index (χ4n) is 3.76. The number of morpholine rings is 1. The number of aliphatic hydroxyl groups excluding tert-OH is 1. The van der Waals surface area contributed by atoms with E-state index < -0.39 is 6.10 Å². The summed E-state index contributed by atoms with van der Waals surface area (Å²) in [7, 11) is 3.24. The molecule has 0 saturated carbocycles. The Labute approximate surface area is 195 Å². The second-order valence-electron chi connectivity index (χ2n) is 8.00. The van der Waals surface area contributed by atoms with Crippen LogP contribution in [0, 0.1) is 0 Å². The smallest absolute Gasteiger partial charge is 0.254 e. The summed E-state index contributed by atoms with van der Waals surface area (Å²) in [6.07, 6.45) is -0.778. The van der Waals surface area contributed by atoms with Crippen LogP contribution >= 0.6 is 0 Å². The number of methoxy groups -OCH3 is 2. The Balaban J connectivity index is 1.49. The minimum atomic E-state index is -0.638. The van der Waals surface area contributed by atoms with Gasteiger partial charge in [0, 0.05) is 45.4 Å². The van der Waals surface area contributed by atoms with Gasteiger partial charge in [0.05, 0.1) is 26.4 Å². The number of carbonyl (C=O) groups excluding carboxylic acids is 1. The van der Waals surface area contributed by atoms with E-state index in [4.69, 9.17) is 18.9 Å². The molecule has 8 nitrogen and oxygen atoms in total. The molecule has 0 bridgehead atoms. The minimum absolute atomic E-state index is 0.0405. The first-order chi connectivity index (χ1) is 16.1. The summed E-state index contributed by atoms with van der Waals surface area (Å²) in [6, 6.07) is 16.5. The normalized spacial score (nSPS) is 17.4. The molecule has 2 atom stereocenters. The highest BCUT2D eigenvalue weighted by molar-refractivity contribution is 5.94. The van der Waals surface area contributed by atoms with Gasteiger partial charge in [0.1, 0.15) is 24.2 Å².